The summed E-state index contributed by atoms with van der Waals surface area (Å²) >= 11 is 1.70. The van der Waals surface area contributed by atoms with Gasteiger partial charge in [0.2, 0.25) is 0 Å². The summed E-state index contributed by atoms with van der Waals surface area (Å²) in [5.74, 6) is 0.617. The standard InChI is InChI=1S/C19H18N4O2S/c24-19(23-12-1-4-16(23)17-5-2-13-26-17)22-14-6-8-15(9-7-14)25-18-20-10-3-11-21-18/h2-3,5-11,13,16H,1,4,12H2,(H,22,24)/t16-/m1/s1. The number of hydrogen-bond donors (Lipinski definition) is 1. The molecule has 2 amide bonds. The maximum atomic E-state index is 12.7. The van der Waals surface area contributed by atoms with E-state index in [9.17, 15) is 4.79 Å². The topological polar surface area (TPSA) is 67.3 Å². The first kappa shape index (κ1) is 16.5. The summed E-state index contributed by atoms with van der Waals surface area (Å²) in [5.41, 5.74) is 0.730. The van der Waals surface area contributed by atoms with E-state index in [1.54, 1.807) is 41.9 Å². The van der Waals surface area contributed by atoms with Crippen LogP contribution < -0.4 is 10.1 Å². The van der Waals surface area contributed by atoms with Crippen molar-refractivity contribution in [1.82, 2.24) is 14.9 Å². The monoisotopic (exact) mass is 366 g/mol. The minimum atomic E-state index is -0.0686. The fourth-order valence-electron chi connectivity index (χ4n) is 3.03. The molecule has 1 aliphatic heterocycles. The number of anilines is 1. The molecule has 0 bridgehead atoms. The van der Waals surface area contributed by atoms with E-state index in [4.69, 9.17) is 4.74 Å². The summed E-state index contributed by atoms with van der Waals surface area (Å²) in [4.78, 5) is 23.9. The van der Waals surface area contributed by atoms with Crippen molar-refractivity contribution in [2.24, 2.45) is 0 Å². The van der Waals surface area contributed by atoms with Gasteiger partial charge >= 0.3 is 12.0 Å². The van der Waals surface area contributed by atoms with Gasteiger partial charge in [-0.15, -0.1) is 11.3 Å². The fraction of sp³-hybridized carbons (Fsp3) is 0.211. The Morgan fingerprint density at radius 3 is 2.69 bits per heavy atom. The smallest absolute Gasteiger partial charge is 0.322 e. The van der Waals surface area contributed by atoms with Gasteiger partial charge < -0.3 is 15.0 Å². The van der Waals surface area contributed by atoms with Gasteiger partial charge in [0.05, 0.1) is 6.04 Å². The third kappa shape index (κ3) is 3.67. The van der Waals surface area contributed by atoms with E-state index in [0.717, 1.165) is 25.1 Å². The molecule has 0 saturated carbocycles. The van der Waals surface area contributed by atoms with Crippen LogP contribution in [0.5, 0.6) is 11.8 Å². The number of carbonyl (C=O) groups is 1. The summed E-state index contributed by atoms with van der Waals surface area (Å²) in [6.45, 7) is 0.779. The number of benzene rings is 1. The lowest BCUT2D eigenvalue weighted by Crippen LogP contribution is -2.34. The van der Waals surface area contributed by atoms with Crippen LogP contribution in [0.1, 0.15) is 23.8 Å². The van der Waals surface area contributed by atoms with Gasteiger partial charge in [-0.25, -0.2) is 14.8 Å². The van der Waals surface area contributed by atoms with Gasteiger partial charge in [-0.05, 0) is 54.6 Å². The minimum Gasteiger partial charge on any atom is -0.424 e. The number of carbonyl (C=O) groups excluding carboxylic acids is 1. The molecule has 4 rings (SSSR count). The summed E-state index contributed by atoms with van der Waals surface area (Å²) in [6, 6.07) is 13.4. The second-order valence-electron chi connectivity index (χ2n) is 5.95. The average molecular weight is 366 g/mol. The van der Waals surface area contributed by atoms with Gasteiger partial charge in [-0.1, -0.05) is 6.07 Å². The number of likely N-dealkylation sites (tertiary alicyclic amines) is 1. The van der Waals surface area contributed by atoms with Gasteiger partial charge in [0, 0.05) is 29.5 Å². The molecule has 2 aromatic heterocycles. The first-order valence-corrected chi connectivity index (χ1v) is 9.33. The number of nitrogens with one attached hydrogen (secondary N) is 1. The lowest BCUT2D eigenvalue weighted by molar-refractivity contribution is 0.208. The van der Waals surface area contributed by atoms with Crippen LogP contribution in [0.2, 0.25) is 0 Å². The van der Waals surface area contributed by atoms with Crippen molar-refractivity contribution in [3.05, 3.63) is 65.1 Å². The predicted octanol–water partition coefficient (Wildman–Crippen LogP) is 4.70. The third-order valence-corrected chi connectivity index (χ3v) is 5.22. The van der Waals surface area contributed by atoms with Crippen molar-refractivity contribution in [2.75, 3.05) is 11.9 Å². The number of aromatic nitrogens is 2. The van der Waals surface area contributed by atoms with Crippen LogP contribution in [0.25, 0.3) is 0 Å². The highest BCUT2D eigenvalue weighted by Crippen LogP contribution is 2.34. The molecule has 0 spiro atoms. The van der Waals surface area contributed by atoms with Crippen molar-refractivity contribution in [2.45, 2.75) is 18.9 Å². The second kappa shape index (κ2) is 7.53. The van der Waals surface area contributed by atoms with E-state index in [0.29, 0.717) is 11.8 Å². The third-order valence-electron chi connectivity index (χ3n) is 4.24. The lowest BCUT2D eigenvalue weighted by atomic mass is 10.2. The lowest BCUT2D eigenvalue weighted by Gasteiger charge is -2.24. The number of urea groups is 1. The maximum Gasteiger partial charge on any atom is 0.322 e. The van der Waals surface area contributed by atoms with E-state index in [2.05, 4.69) is 26.7 Å². The minimum absolute atomic E-state index is 0.0686. The van der Waals surface area contributed by atoms with Crippen LogP contribution in [0.3, 0.4) is 0 Å². The quantitative estimate of drug-likeness (QED) is 0.727. The molecule has 3 aromatic rings. The normalized spacial score (nSPS) is 16.5. The highest BCUT2D eigenvalue weighted by Gasteiger charge is 2.30. The summed E-state index contributed by atoms with van der Waals surface area (Å²) in [5, 5.41) is 5.03. The van der Waals surface area contributed by atoms with Crippen LogP contribution in [0, 0.1) is 0 Å². The number of thiophene rings is 1. The van der Waals surface area contributed by atoms with E-state index in [1.165, 1.54) is 4.88 Å². The van der Waals surface area contributed by atoms with Crippen molar-refractivity contribution in [3.8, 4) is 11.8 Å². The van der Waals surface area contributed by atoms with E-state index >= 15 is 0 Å². The first-order chi connectivity index (χ1) is 12.8. The van der Waals surface area contributed by atoms with Crippen molar-refractivity contribution in [1.29, 1.82) is 0 Å². The molecular weight excluding hydrogens is 348 g/mol. The second-order valence-corrected chi connectivity index (χ2v) is 6.93. The largest absolute Gasteiger partial charge is 0.424 e. The highest BCUT2D eigenvalue weighted by molar-refractivity contribution is 7.10. The number of hydrogen-bond acceptors (Lipinski definition) is 5. The molecule has 1 atom stereocenters. The molecule has 0 unspecified atom stereocenters. The molecule has 1 fully saturated rings. The predicted molar refractivity (Wildman–Crippen MR) is 101 cm³/mol. The molecular formula is C19H18N4O2S. The summed E-state index contributed by atoms with van der Waals surface area (Å²) < 4.78 is 5.56. The van der Waals surface area contributed by atoms with Crippen LogP contribution >= 0.6 is 11.3 Å². The molecule has 26 heavy (non-hydrogen) atoms. The van der Waals surface area contributed by atoms with Crippen LogP contribution in [0.15, 0.2) is 60.2 Å². The van der Waals surface area contributed by atoms with E-state index in [-0.39, 0.29) is 12.1 Å². The first-order valence-electron chi connectivity index (χ1n) is 8.45. The average Bonchev–Trinajstić information content (AvgIpc) is 3.35. The molecule has 1 aromatic carbocycles. The van der Waals surface area contributed by atoms with Crippen molar-refractivity contribution in [3.63, 3.8) is 0 Å². The molecule has 6 nitrogen and oxygen atoms in total. The highest BCUT2D eigenvalue weighted by atomic mass is 32.1. The Morgan fingerprint density at radius 1 is 1.15 bits per heavy atom. The Kier molecular flexibility index (Phi) is 4.79. The molecule has 132 valence electrons. The Bertz CT molecular complexity index is 853. The summed E-state index contributed by atoms with van der Waals surface area (Å²) in [6.07, 6.45) is 5.28. The Hall–Kier alpha value is -2.93. The van der Waals surface area contributed by atoms with Crippen LogP contribution in [-0.4, -0.2) is 27.4 Å². The number of nitrogens with zero attached hydrogens (tertiary/aromatic N) is 3. The van der Waals surface area contributed by atoms with Crippen LogP contribution in [0.4, 0.5) is 10.5 Å². The van der Waals surface area contributed by atoms with Crippen molar-refractivity contribution < 1.29 is 9.53 Å². The Balaban J connectivity index is 1.40. The van der Waals surface area contributed by atoms with Crippen LogP contribution in [-0.2, 0) is 0 Å². The molecule has 1 aliphatic rings. The molecule has 0 radical (unpaired) electrons. The fourth-order valence-corrected chi connectivity index (χ4v) is 3.91. The molecule has 0 aliphatic carbocycles. The van der Waals surface area contributed by atoms with Gasteiger partial charge in [0.25, 0.3) is 0 Å². The molecule has 7 heteroatoms. The van der Waals surface area contributed by atoms with Gasteiger partial charge in [0.1, 0.15) is 5.75 Å². The zero-order valence-corrected chi connectivity index (χ0v) is 14.9. The van der Waals surface area contributed by atoms with Gasteiger partial charge in [0.15, 0.2) is 0 Å². The molecule has 3 heterocycles. The van der Waals surface area contributed by atoms with Gasteiger partial charge in [-0.2, -0.15) is 0 Å². The number of rotatable bonds is 4. The summed E-state index contributed by atoms with van der Waals surface area (Å²) in [7, 11) is 0. The SMILES string of the molecule is O=C(Nc1ccc(Oc2ncccn2)cc1)N1CCC[C@@H]1c1cccs1. The van der Waals surface area contributed by atoms with Gasteiger partial charge in [-0.3, -0.25) is 0 Å². The Labute approximate surface area is 155 Å². The number of ether oxygens (including phenoxy) is 1. The van der Waals surface area contributed by atoms with E-state index < -0.39 is 0 Å². The van der Waals surface area contributed by atoms with Crippen molar-refractivity contribution >= 4 is 23.1 Å². The van der Waals surface area contributed by atoms with E-state index in [1.807, 2.05) is 23.1 Å². The number of amides is 2. The molecule has 1 saturated heterocycles. The zero-order valence-electron chi connectivity index (χ0n) is 14.0. The zero-order chi connectivity index (χ0) is 17.8. The Morgan fingerprint density at radius 2 is 1.96 bits per heavy atom. The molecule has 1 N–H and O–H groups in total. The maximum absolute atomic E-state index is 12.7.